The monoisotopic (exact) mass is 267 g/mol. The highest BCUT2D eigenvalue weighted by molar-refractivity contribution is 4.75. The van der Waals surface area contributed by atoms with E-state index in [4.69, 9.17) is 4.74 Å². The number of nitrogens with one attached hydrogen (secondary N) is 1. The molecule has 0 spiro atoms. The molecule has 2 nitrogen and oxygen atoms in total. The van der Waals surface area contributed by atoms with E-state index in [9.17, 15) is 13.2 Å². The second-order valence-corrected chi connectivity index (χ2v) is 4.94. The summed E-state index contributed by atoms with van der Waals surface area (Å²) < 4.78 is 43.0. The van der Waals surface area contributed by atoms with E-state index in [0.717, 1.165) is 38.5 Å². The molecule has 1 rings (SSSR count). The highest BCUT2D eigenvalue weighted by Gasteiger charge is 2.41. The average molecular weight is 267 g/mol. The first kappa shape index (κ1) is 15.8. The van der Waals surface area contributed by atoms with Crippen LogP contribution in [0.2, 0.25) is 0 Å². The maximum atomic E-state index is 12.7. The van der Waals surface area contributed by atoms with Crippen LogP contribution in [-0.2, 0) is 4.74 Å². The molecule has 18 heavy (non-hydrogen) atoms. The van der Waals surface area contributed by atoms with Crippen molar-refractivity contribution in [1.82, 2.24) is 5.32 Å². The minimum absolute atomic E-state index is 0.0683. The topological polar surface area (TPSA) is 21.3 Å². The van der Waals surface area contributed by atoms with Crippen LogP contribution < -0.4 is 5.32 Å². The van der Waals surface area contributed by atoms with E-state index < -0.39 is 12.4 Å². The highest BCUT2D eigenvalue weighted by atomic mass is 19.4. The molecule has 0 saturated heterocycles. The molecule has 1 N–H and O–H groups in total. The van der Waals surface area contributed by atoms with Gasteiger partial charge in [0, 0.05) is 12.6 Å². The van der Waals surface area contributed by atoms with Gasteiger partial charge in [-0.3, -0.25) is 5.32 Å². The molecule has 108 valence electrons. The SMILES string of the molecule is CCOC(NC1CCCCCCCC1)C(F)(F)F. The van der Waals surface area contributed by atoms with Gasteiger partial charge in [0.1, 0.15) is 0 Å². The maximum Gasteiger partial charge on any atom is 0.428 e. The molecule has 0 aromatic heterocycles. The fraction of sp³-hybridized carbons (Fsp3) is 1.00. The van der Waals surface area contributed by atoms with Gasteiger partial charge in [0.2, 0.25) is 6.23 Å². The number of hydrogen-bond donors (Lipinski definition) is 1. The minimum Gasteiger partial charge on any atom is -0.354 e. The van der Waals surface area contributed by atoms with E-state index in [0.29, 0.717) is 0 Å². The first-order valence-corrected chi connectivity index (χ1v) is 6.98. The minimum atomic E-state index is -4.32. The molecule has 0 heterocycles. The molecule has 0 aromatic rings. The standard InChI is InChI=1S/C13H24F3NO/c1-2-18-12(13(14,15)16)17-11-9-7-5-3-4-6-8-10-11/h11-12,17H,2-10H2,1H3. The zero-order valence-electron chi connectivity index (χ0n) is 11.1. The van der Waals surface area contributed by atoms with Crippen molar-refractivity contribution < 1.29 is 17.9 Å². The third-order valence-corrected chi connectivity index (χ3v) is 3.37. The molecular formula is C13H24F3NO. The first-order chi connectivity index (χ1) is 8.54. The normalized spacial score (nSPS) is 22.0. The second kappa shape index (κ2) is 8.00. The van der Waals surface area contributed by atoms with Gasteiger partial charge in [0.25, 0.3) is 0 Å². The number of ether oxygens (including phenoxy) is 1. The lowest BCUT2D eigenvalue weighted by Crippen LogP contribution is -2.49. The van der Waals surface area contributed by atoms with Crippen LogP contribution in [0.1, 0.15) is 58.3 Å². The Morgan fingerprint density at radius 3 is 2.00 bits per heavy atom. The molecule has 0 bridgehead atoms. The third kappa shape index (κ3) is 6.05. The maximum absolute atomic E-state index is 12.7. The van der Waals surface area contributed by atoms with E-state index in [1.54, 1.807) is 6.92 Å². The van der Waals surface area contributed by atoms with Gasteiger partial charge in [-0.15, -0.1) is 0 Å². The van der Waals surface area contributed by atoms with Crippen molar-refractivity contribution in [3.05, 3.63) is 0 Å². The largest absolute Gasteiger partial charge is 0.428 e. The summed E-state index contributed by atoms with van der Waals surface area (Å²) in [5.74, 6) is 0. The van der Waals surface area contributed by atoms with E-state index in [1.165, 1.54) is 12.8 Å². The molecule has 0 aliphatic heterocycles. The van der Waals surface area contributed by atoms with Crippen LogP contribution in [0.25, 0.3) is 0 Å². The van der Waals surface area contributed by atoms with E-state index >= 15 is 0 Å². The van der Waals surface area contributed by atoms with Crippen molar-refractivity contribution in [1.29, 1.82) is 0 Å². The summed E-state index contributed by atoms with van der Waals surface area (Å²) in [4.78, 5) is 0. The van der Waals surface area contributed by atoms with E-state index in [2.05, 4.69) is 5.32 Å². The molecule has 0 amide bonds. The lowest BCUT2D eigenvalue weighted by molar-refractivity contribution is -0.231. The molecule has 1 aliphatic rings. The molecule has 5 heteroatoms. The number of halogens is 3. The van der Waals surface area contributed by atoms with Gasteiger partial charge in [0.05, 0.1) is 0 Å². The van der Waals surface area contributed by atoms with Gasteiger partial charge >= 0.3 is 6.18 Å². The van der Waals surface area contributed by atoms with Crippen LogP contribution in [0.3, 0.4) is 0 Å². The quantitative estimate of drug-likeness (QED) is 0.777. The predicted octanol–water partition coefficient (Wildman–Crippen LogP) is 4.00. The zero-order valence-corrected chi connectivity index (χ0v) is 11.1. The molecule has 1 fully saturated rings. The van der Waals surface area contributed by atoms with Crippen LogP contribution >= 0.6 is 0 Å². The van der Waals surface area contributed by atoms with E-state index in [1.807, 2.05) is 0 Å². The Morgan fingerprint density at radius 1 is 1.06 bits per heavy atom. The van der Waals surface area contributed by atoms with Gasteiger partial charge in [-0.1, -0.05) is 38.5 Å². The average Bonchev–Trinajstić information content (AvgIpc) is 2.41. The van der Waals surface area contributed by atoms with Crippen LogP contribution in [-0.4, -0.2) is 25.1 Å². The van der Waals surface area contributed by atoms with Gasteiger partial charge in [0.15, 0.2) is 0 Å². The molecule has 0 radical (unpaired) electrons. The van der Waals surface area contributed by atoms with Crippen molar-refractivity contribution in [3.8, 4) is 0 Å². The Labute approximate surface area is 107 Å². The van der Waals surface area contributed by atoms with Crippen LogP contribution in [0.4, 0.5) is 13.2 Å². The number of rotatable bonds is 4. The lowest BCUT2D eigenvalue weighted by atomic mass is 10.0. The van der Waals surface area contributed by atoms with Gasteiger partial charge in [-0.05, 0) is 19.8 Å². The van der Waals surface area contributed by atoms with Crippen LogP contribution in [0, 0.1) is 0 Å². The Balaban J connectivity index is 2.48. The fourth-order valence-corrected chi connectivity index (χ4v) is 2.42. The molecule has 1 aliphatic carbocycles. The van der Waals surface area contributed by atoms with E-state index in [-0.39, 0.29) is 12.6 Å². The summed E-state index contributed by atoms with van der Waals surface area (Å²) in [6.07, 6.45) is 2.19. The summed E-state index contributed by atoms with van der Waals surface area (Å²) in [5, 5.41) is 2.65. The number of hydrogen-bond acceptors (Lipinski definition) is 2. The van der Waals surface area contributed by atoms with Crippen LogP contribution in [0.5, 0.6) is 0 Å². The summed E-state index contributed by atoms with van der Waals surface area (Å²) in [6, 6.07) is -0.0683. The third-order valence-electron chi connectivity index (χ3n) is 3.37. The number of alkyl halides is 3. The Bertz CT molecular complexity index is 211. The Kier molecular flexibility index (Phi) is 7.00. The highest BCUT2D eigenvalue weighted by Crippen LogP contribution is 2.24. The van der Waals surface area contributed by atoms with Crippen molar-refractivity contribution in [2.24, 2.45) is 0 Å². The molecule has 0 aromatic carbocycles. The Hall–Kier alpha value is -0.290. The van der Waals surface area contributed by atoms with Gasteiger partial charge in [-0.25, -0.2) is 0 Å². The second-order valence-electron chi connectivity index (χ2n) is 4.94. The zero-order chi connectivity index (χ0) is 13.4. The molecule has 1 atom stereocenters. The fourth-order valence-electron chi connectivity index (χ4n) is 2.42. The van der Waals surface area contributed by atoms with Crippen molar-refractivity contribution >= 4 is 0 Å². The molecular weight excluding hydrogens is 243 g/mol. The smallest absolute Gasteiger partial charge is 0.354 e. The summed E-state index contributed by atoms with van der Waals surface area (Å²) >= 11 is 0. The van der Waals surface area contributed by atoms with Crippen LogP contribution in [0.15, 0.2) is 0 Å². The lowest BCUT2D eigenvalue weighted by Gasteiger charge is -2.27. The summed E-state index contributed by atoms with van der Waals surface area (Å²) in [7, 11) is 0. The molecule has 1 saturated carbocycles. The molecule has 1 unspecified atom stereocenters. The first-order valence-electron chi connectivity index (χ1n) is 6.98. The summed E-state index contributed by atoms with van der Waals surface area (Å²) in [6.45, 7) is 1.66. The van der Waals surface area contributed by atoms with Crippen molar-refractivity contribution in [3.63, 3.8) is 0 Å². The Morgan fingerprint density at radius 2 is 1.56 bits per heavy atom. The van der Waals surface area contributed by atoms with Gasteiger partial charge < -0.3 is 4.74 Å². The summed E-state index contributed by atoms with van der Waals surface area (Å²) in [5.41, 5.74) is 0. The van der Waals surface area contributed by atoms with Crippen molar-refractivity contribution in [2.75, 3.05) is 6.61 Å². The van der Waals surface area contributed by atoms with Gasteiger partial charge in [-0.2, -0.15) is 13.2 Å². The van der Waals surface area contributed by atoms with Crippen molar-refractivity contribution in [2.45, 2.75) is 76.7 Å². The predicted molar refractivity (Wildman–Crippen MR) is 65.3 cm³/mol.